The van der Waals surface area contributed by atoms with Gasteiger partial charge in [-0.15, -0.1) is 0 Å². The first kappa shape index (κ1) is 24.4. The van der Waals surface area contributed by atoms with Crippen LogP contribution in [0.15, 0.2) is 34.3 Å². The quantitative estimate of drug-likeness (QED) is 0.522. The zero-order valence-electron chi connectivity index (χ0n) is 19.4. The van der Waals surface area contributed by atoms with Gasteiger partial charge in [0.2, 0.25) is 11.8 Å². The summed E-state index contributed by atoms with van der Waals surface area (Å²) in [4.78, 5) is 48.7. The van der Waals surface area contributed by atoms with E-state index in [1.807, 2.05) is 24.3 Å². The Balaban J connectivity index is 1.41. The molecule has 0 radical (unpaired) electrons. The maximum absolute atomic E-state index is 13.3. The second-order valence-electron chi connectivity index (χ2n) is 8.63. The topological polar surface area (TPSA) is 112 Å². The molecule has 34 heavy (non-hydrogen) atoms. The number of aliphatic imine (C=N–C) groups is 2. The minimum Gasteiger partial charge on any atom is -0.383 e. The van der Waals surface area contributed by atoms with Gasteiger partial charge in [0.25, 0.3) is 5.91 Å². The molecule has 182 valence electrons. The molecular weight excluding hydrogens is 454 g/mol. The molecule has 9 nitrogen and oxygen atoms in total. The molecule has 2 N–H and O–H groups in total. The van der Waals surface area contributed by atoms with Gasteiger partial charge in [-0.2, -0.15) is 0 Å². The number of para-hydroxylation sites is 1. The Labute approximate surface area is 203 Å². The van der Waals surface area contributed by atoms with E-state index in [-0.39, 0.29) is 35.9 Å². The number of benzene rings is 1. The van der Waals surface area contributed by atoms with Gasteiger partial charge in [-0.1, -0.05) is 43.2 Å². The molecule has 0 unspecified atom stereocenters. The number of amides is 3. The highest BCUT2D eigenvalue weighted by atomic mass is 32.2. The van der Waals surface area contributed by atoms with E-state index < -0.39 is 6.04 Å². The number of nitrogens with zero attached hydrogens (tertiary/aromatic N) is 3. The van der Waals surface area contributed by atoms with Crippen molar-refractivity contribution in [3.63, 3.8) is 0 Å². The molecule has 1 saturated carbocycles. The number of hydrogen-bond acceptors (Lipinski definition) is 7. The fourth-order valence-electron chi connectivity index (χ4n) is 4.38. The number of fused-ring (bicyclic) bond motifs is 3. The van der Waals surface area contributed by atoms with Crippen LogP contribution >= 0.6 is 11.8 Å². The van der Waals surface area contributed by atoms with Gasteiger partial charge in [-0.25, -0.2) is 9.89 Å². The third-order valence-corrected chi connectivity index (χ3v) is 7.06. The number of rotatable bonds is 9. The van der Waals surface area contributed by atoms with Crippen molar-refractivity contribution in [2.24, 2.45) is 9.98 Å². The average molecular weight is 486 g/mol. The van der Waals surface area contributed by atoms with E-state index in [4.69, 9.17) is 9.73 Å². The molecule has 1 aromatic rings. The Morgan fingerprint density at radius 2 is 1.97 bits per heavy atom. The minimum atomic E-state index is -0.639. The molecule has 1 aromatic carbocycles. The number of carbonyl (C=O) groups is 3. The highest BCUT2D eigenvalue weighted by Gasteiger charge is 2.41. The van der Waals surface area contributed by atoms with E-state index in [9.17, 15) is 14.4 Å². The lowest BCUT2D eigenvalue weighted by Gasteiger charge is -2.25. The predicted octanol–water partition coefficient (Wildman–Crippen LogP) is 2.37. The zero-order chi connectivity index (χ0) is 23.9. The van der Waals surface area contributed by atoms with E-state index in [0.717, 1.165) is 31.2 Å². The van der Waals surface area contributed by atoms with Crippen LogP contribution in [0.2, 0.25) is 0 Å². The van der Waals surface area contributed by atoms with Crippen molar-refractivity contribution in [1.82, 2.24) is 15.5 Å². The molecule has 0 saturated heterocycles. The van der Waals surface area contributed by atoms with Crippen LogP contribution < -0.4 is 10.6 Å². The van der Waals surface area contributed by atoms with Crippen LogP contribution in [0.4, 0.5) is 5.69 Å². The molecule has 0 aromatic heterocycles. The number of amidine groups is 2. The van der Waals surface area contributed by atoms with Crippen LogP contribution in [-0.4, -0.2) is 71.7 Å². The number of hydrogen-bond donors (Lipinski definition) is 2. The van der Waals surface area contributed by atoms with E-state index >= 15 is 0 Å². The van der Waals surface area contributed by atoms with Gasteiger partial charge < -0.3 is 15.4 Å². The maximum Gasteiger partial charge on any atom is 0.259 e. The third kappa shape index (κ3) is 5.85. The molecule has 2 heterocycles. The Kier molecular flexibility index (Phi) is 8.34. The Hall–Kier alpha value is -2.72. The average Bonchev–Trinajstić information content (AvgIpc) is 3.18. The van der Waals surface area contributed by atoms with Crippen LogP contribution in [0.1, 0.15) is 50.5 Å². The molecule has 2 aliphatic heterocycles. The van der Waals surface area contributed by atoms with Crippen LogP contribution in [-0.2, 0) is 19.1 Å². The Morgan fingerprint density at radius 1 is 1.18 bits per heavy atom. The van der Waals surface area contributed by atoms with E-state index in [1.165, 1.54) is 23.1 Å². The first-order valence-electron chi connectivity index (χ1n) is 11.8. The monoisotopic (exact) mass is 485 g/mol. The molecule has 1 fully saturated rings. The molecule has 3 aliphatic rings. The van der Waals surface area contributed by atoms with Gasteiger partial charge in [0, 0.05) is 31.7 Å². The largest absolute Gasteiger partial charge is 0.383 e. The van der Waals surface area contributed by atoms with E-state index in [0.29, 0.717) is 36.3 Å². The summed E-state index contributed by atoms with van der Waals surface area (Å²) in [6.45, 7) is 0.855. The lowest BCUT2D eigenvalue weighted by Crippen LogP contribution is -2.42. The van der Waals surface area contributed by atoms with Gasteiger partial charge in [0.15, 0.2) is 5.17 Å². The number of nitrogens with one attached hydrogen (secondary N) is 2. The van der Waals surface area contributed by atoms with Gasteiger partial charge in [0.1, 0.15) is 11.9 Å². The van der Waals surface area contributed by atoms with Crippen molar-refractivity contribution in [2.45, 2.75) is 57.0 Å². The summed E-state index contributed by atoms with van der Waals surface area (Å²) in [6, 6.07) is 7.11. The maximum atomic E-state index is 13.3. The molecule has 3 amide bonds. The van der Waals surface area contributed by atoms with Crippen molar-refractivity contribution in [1.29, 1.82) is 0 Å². The molecule has 4 rings (SSSR count). The zero-order valence-corrected chi connectivity index (χ0v) is 20.2. The Bertz CT molecular complexity index is 989. The summed E-state index contributed by atoms with van der Waals surface area (Å²) >= 11 is 1.20. The highest BCUT2D eigenvalue weighted by molar-refractivity contribution is 8.14. The molecule has 1 aliphatic carbocycles. The molecule has 0 bridgehead atoms. The minimum absolute atomic E-state index is 0.0267. The summed E-state index contributed by atoms with van der Waals surface area (Å²) in [5, 5.41) is 6.30. The third-order valence-electron chi connectivity index (χ3n) is 6.12. The summed E-state index contributed by atoms with van der Waals surface area (Å²) in [7, 11) is 1.57. The van der Waals surface area contributed by atoms with Gasteiger partial charge in [-0.05, 0) is 31.4 Å². The highest BCUT2D eigenvalue weighted by Crippen LogP contribution is 2.34. The van der Waals surface area contributed by atoms with Crippen molar-refractivity contribution in [3.05, 3.63) is 29.8 Å². The van der Waals surface area contributed by atoms with Crippen molar-refractivity contribution < 1.29 is 19.1 Å². The smallest absolute Gasteiger partial charge is 0.259 e. The van der Waals surface area contributed by atoms with Crippen LogP contribution in [0, 0.1) is 0 Å². The summed E-state index contributed by atoms with van der Waals surface area (Å²) < 4.78 is 4.95. The number of ether oxygens (including phenoxy) is 1. The first-order valence-corrected chi connectivity index (χ1v) is 12.8. The molecular formula is C24H31N5O4S. The first-order chi connectivity index (χ1) is 16.6. The number of carbonyl (C=O) groups excluding carboxylic acids is 3. The lowest BCUT2D eigenvalue weighted by molar-refractivity contribution is -0.125. The van der Waals surface area contributed by atoms with Gasteiger partial charge in [0.05, 0.1) is 18.0 Å². The van der Waals surface area contributed by atoms with E-state index in [2.05, 4.69) is 15.6 Å². The normalized spacial score (nSPS) is 19.7. The SMILES string of the molecule is COCCNC(=O)CSC1=Nc2ccccc2C2=N[C@H](CCC(=O)NC3CCCCC3)C(=O)N12. The number of methoxy groups -OCH3 is 1. The second kappa shape index (κ2) is 11.6. The van der Waals surface area contributed by atoms with Gasteiger partial charge >= 0.3 is 0 Å². The van der Waals surface area contributed by atoms with Crippen molar-refractivity contribution in [2.75, 3.05) is 26.0 Å². The fraction of sp³-hybridized carbons (Fsp3) is 0.542. The van der Waals surface area contributed by atoms with Crippen molar-refractivity contribution >= 4 is 46.2 Å². The van der Waals surface area contributed by atoms with Gasteiger partial charge in [-0.3, -0.25) is 19.4 Å². The van der Waals surface area contributed by atoms with Crippen molar-refractivity contribution in [3.8, 4) is 0 Å². The van der Waals surface area contributed by atoms with Crippen LogP contribution in [0.5, 0.6) is 0 Å². The van der Waals surface area contributed by atoms with E-state index in [1.54, 1.807) is 7.11 Å². The summed E-state index contributed by atoms with van der Waals surface area (Å²) in [5.74, 6) is 0.262. The summed E-state index contributed by atoms with van der Waals surface area (Å²) in [6.07, 6.45) is 6.18. The van der Waals surface area contributed by atoms with Crippen LogP contribution in [0.3, 0.4) is 0 Å². The summed E-state index contributed by atoms with van der Waals surface area (Å²) in [5.41, 5.74) is 1.49. The second-order valence-corrected chi connectivity index (χ2v) is 9.57. The predicted molar refractivity (Wildman–Crippen MR) is 132 cm³/mol. The van der Waals surface area contributed by atoms with Crippen LogP contribution in [0.25, 0.3) is 0 Å². The molecule has 0 spiro atoms. The Morgan fingerprint density at radius 3 is 2.76 bits per heavy atom. The fourth-order valence-corrected chi connectivity index (χ4v) is 5.21. The molecule has 10 heteroatoms. The standard InChI is InChI=1S/C24H31N5O4S/c1-33-14-13-25-21(31)15-34-24-28-18-10-6-5-9-17(18)22-27-19(23(32)29(22)24)11-12-20(30)26-16-7-3-2-4-8-16/h5-6,9-10,16,19H,2-4,7-8,11-15H2,1H3,(H,25,31)(H,26,30)/t19-/m1/s1. The lowest BCUT2D eigenvalue weighted by atomic mass is 9.95. The number of thioether (sulfide) groups is 1. The molecule has 1 atom stereocenters.